The first-order valence-corrected chi connectivity index (χ1v) is 9.31. The summed E-state index contributed by atoms with van der Waals surface area (Å²) < 4.78 is 5.63. The van der Waals surface area contributed by atoms with Gasteiger partial charge in [-0.25, -0.2) is 0 Å². The number of amides is 1. The number of pyridine rings is 1. The average Bonchev–Trinajstić information content (AvgIpc) is 3.27. The van der Waals surface area contributed by atoms with Gasteiger partial charge < -0.3 is 9.64 Å². The SMILES string of the molecule is O=C([C@H]1CCCO1)N1CCC[C@]2(CCCN2Cc2cccnc2)C1. The molecule has 4 heterocycles. The number of nitrogens with zero attached hydrogens (tertiary/aromatic N) is 3. The van der Waals surface area contributed by atoms with Crippen LogP contribution < -0.4 is 0 Å². The van der Waals surface area contributed by atoms with Crippen LogP contribution >= 0.6 is 0 Å². The highest BCUT2D eigenvalue weighted by molar-refractivity contribution is 5.81. The maximum absolute atomic E-state index is 12.8. The zero-order chi connectivity index (χ0) is 16.4. The third kappa shape index (κ3) is 3.07. The molecule has 0 aromatic carbocycles. The molecule has 0 N–H and O–H groups in total. The minimum absolute atomic E-state index is 0.155. The van der Waals surface area contributed by atoms with E-state index in [2.05, 4.69) is 20.9 Å². The lowest BCUT2D eigenvalue weighted by Crippen LogP contribution is -2.58. The van der Waals surface area contributed by atoms with Crippen LogP contribution in [0.4, 0.5) is 0 Å². The van der Waals surface area contributed by atoms with Gasteiger partial charge in [0.1, 0.15) is 6.10 Å². The molecule has 0 bridgehead atoms. The second-order valence-electron chi connectivity index (χ2n) is 7.48. The molecule has 1 aromatic heterocycles. The number of likely N-dealkylation sites (tertiary alicyclic amines) is 2. The molecule has 0 unspecified atom stereocenters. The van der Waals surface area contributed by atoms with Crippen molar-refractivity contribution in [1.29, 1.82) is 0 Å². The minimum atomic E-state index is -0.187. The molecule has 1 amide bonds. The first kappa shape index (κ1) is 16.0. The Kier molecular flexibility index (Phi) is 4.55. The molecule has 1 spiro atoms. The molecular weight excluding hydrogens is 302 g/mol. The number of ether oxygens (including phenoxy) is 1. The van der Waals surface area contributed by atoms with Crippen molar-refractivity contribution >= 4 is 5.91 Å². The Hall–Kier alpha value is -1.46. The first-order chi connectivity index (χ1) is 11.8. The maximum Gasteiger partial charge on any atom is 0.251 e. The van der Waals surface area contributed by atoms with Crippen molar-refractivity contribution in [2.45, 2.75) is 56.7 Å². The molecule has 0 saturated carbocycles. The van der Waals surface area contributed by atoms with Crippen LogP contribution in [0.2, 0.25) is 0 Å². The highest BCUT2D eigenvalue weighted by Gasteiger charge is 2.45. The highest BCUT2D eigenvalue weighted by atomic mass is 16.5. The lowest BCUT2D eigenvalue weighted by atomic mass is 9.86. The zero-order valence-electron chi connectivity index (χ0n) is 14.3. The average molecular weight is 329 g/mol. The third-order valence-electron chi connectivity index (χ3n) is 5.91. The Morgan fingerprint density at radius 2 is 2.17 bits per heavy atom. The molecule has 24 heavy (non-hydrogen) atoms. The second-order valence-corrected chi connectivity index (χ2v) is 7.48. The summed E-state index contributed by atoms with van der Waals surface area (Å²) in [5.41, 5.74) is 1.42. The van der Waals surface area contributed by atoms with E-state index in [-0.39, 0.29) is 17.6 Å². The van der Waals surface area contributed by atoms with Crippen molar-refractivity contribution in [2.24, 2.45) is 0 Å². The molecule has 1 aromatic rings. The van der Waals surface area contributed by atoms with E-state index in [0.717, 1.165) is 52.0 Å². The topological polar surface area (TPSA) is 45.7 Å². The Bertz CT molecular complexity index is 573. The standard InChI is InChI=1S/C19H27N3O2/c23-18(17-6-2-12-24-17)21-10-3-7-19(15-21)8-4-11-22(19)14-16-5-1-9-20-13-16/h1,5,9,13,17H,2-4,6-8,10-12,14-15H2/t17-,19+/m1/s1. The van der Waals surface area contributed by atoms with E-state index in [4.69, 9.17) is 4.74 Å². The maximum atomic E-state index is 12.8. The molecule has 5 heteroatoms. The van der Waals surface area contributed by atoms with Crippen LogP contribution in [0.25, 0.3) is 0 Å². The highest BCUT2D eigenvalue weighted by Crippen LogP contribution is 2.38. The molecule has 0 radical (unpaired) electrons. The van der Waals surface area contributed by atoms with E-state index >= 15 is 0 Å². The smallest absolute Gasteiger partial charge is 0.251 e. The van der Waals surface area contributed by atoms with Crippen LogP contribution in [-0.4, -0.2) is 58.6 Å². The molecule has 0 aliphatic carbocycles. The Balaban J connectivity index is 1.47. The van der Waals surface area contributed by atoms with Gasteiger partial charge in [-0.2, -0.15) is 0 Å². The summed E-state index contributed by atoms with van der Waals surface area (Å²) in [4.78, 5) is 21.7. The Labute approximate surface area is 144 Å². The summed E-state index contributed by atoms with van der Waals surface area (Å²) >= 11 is 0. The van der Waals surface area contributed by atoms with E-state index in [0.29, 0.717) is 0 Å². The number of rotatable bonds is 3. The van der Waals surface area contributed by atoms with E-state index in [1.54, 1.807) is 0 Å². The van der Waals surface area contributed by atoms with E-state index in [1.807, 2.05) is 18.5 Å². The summed E-state index contributed by atoms with van der Waals surface area (Å²) in [6.45, 7) is 4.56. The summed E-state index contributed by atoms with van der Waals surface area (Å²) in [5.74, 6) is 0.222. The van der Waals surface area contributed by atoms with Crippen LogP contribution in [0.15, 0.2) is 24.5 Å². The van der Waals surface area contributed by atoms with Crippen molar-refractivity contribution < 1.29 is 9.53 Å². The largest absolute Gasteiger partial charge is 0.368 e. The van der Waals surface area contributed by atoms with Gasteiger partial charge in [-0.15, -0.1) is 0 Å². The molecule has 3 aliphatic rings. The molecule has 130 valence electrons. The van der Waals surface area contributed by atoms with E-state index in [1.165, 1.54) is 24.8 Å². The summed E-state index contributed by atoms with van der Waals surface area (Å²) in [6.07, 6.45) is 10.2. The van der Waals surface area contributed by atoms with Gasteiger partial charge in [-0.05, 0) is 56.7 Å². The van der Waals surface area contributed by atoms with Crippen LogP contribution in [-0.2, 0) is 16.1 Å². The fourth-order valence-electron chi connectivity index (χ4n) is 4.69. The quantitative estimate of drug-likeness (QED) is 0.853. The number of hydrogen-bond donors (Lipinski definition) is 0. The number of carbonyl (C=O) groups is 1. The van der Waals surface area contributed by atoms with Gasteiger partial charge in [0.15, 0.2) is 0 Å². The van der Waals surface area contributed by atoms with Gasteiger partial charge in [0.2, 0.25) is 0 Å². The zero-order valence-corrected chi connectivity index (χ0v) is 14.3. The van der Waals surface area contributed by atoms with Crippen molar-refractivity contribution in [3.63, 3.8) is 0 Å². The fraction of sp³-hybridized carbons (Fsp3) is 0.684. The molecule has 4 rings (SSSR count). The third-order valence-corrected chi connectivity index (χ3v) is 5.91. The molecule has 3 aliphatic heterocycles. The number of aromatic nitrogens is 1. The lowest BCUT2D eigenvalue weighted by molar-refractivity contribution is -0.144. The number of hydrogen-bond acceptors (Lipinski definition) is 4. The van der Waals surface area contributed by atoms with Crippen molar-refractivity contribution in [3.8, 4) is 0 Å². The van der Waals surface area contributed by atoms with Gasteiger partial charge in [-0.1, -0.05) is 6.07 Å². The predicted molar refractivity (Wildman–Crippen MR) is 91.4 cm³/mol. The fourth-order valence-corrected chi connectivity index (χ4v) is 4.69. The van der Waals surface area contributed by atoms with Gasteiger partial charge in [0, 0.05) is 44.2 Å². The van der Waals surface area contributed by atoms with Crippen LogP contribution in [0.5, 0.6) is 0 Å². The summed E-state index contributed by atoms with van der Waals surface area (Å²) in [6, 6.07) is 4.16. The van der Waals surface area contributed by atoms with E-state index in [9.17, 15) is 4.79 Å². The van der Waals surface area contributed by atoms with Gasteiger partial charge in [0.25, 0.3) is 5.91 Å². The Morgan fingerprint density at radius 1 is 1.29 bits per heavy atom. The van der Waals surface area contributed by atoms with Gasteiger partial charge in [0.05, 0.1) is 0 Å². The van der Waals surface area contributed by atoms with Crippen LogP contribution in [0, 0.1) is 0 Å². The Morgan fingerprint density at radius 3 is 2.92 bits per heavy atom. The van der Waals surface area contributed by atoms with Gasteiger partial charge in [-0.3, -0.25) is 14.7 Å². The first-order valence-electron chi connectivity index (χ1n) is 9.31. The molecule has 3 saturated heterocycles. The monoisotopic (exact) mass is 329 g/mol. The molecular formula is C19H27N3O2. The van der Waals surface area contributed by atoms with Crippen molar-refractivity contribution in [2.75, 3.05) is 26.2 Å². The summed E-state index contributed by atoms with van der Waals surface area (Å²) in [7, 11) is 0. The number of carbonyl (C=O) groups excluding carboxylic acids is 1. The van der Waals surface area contributed by atoms with Crippen LogP contribution in [0.1, 0.15) is 44.1 Å². The molecule has 5 nitrogen and oxygen atoms in total. The molecule has 3 fully saturated rings. The molecule has 2 atom stereocenters. The second kappa shape index (κ2) is 6.81. The normalized spacial score (nSPS) is 31.0. The summed E-state index contributed by atoms with van der Waals surface area (Å²) in [5, 5.41) is 0. The lowest BCUT2D eigenvalue weighted by Gasteiger charge is -2.46. The van der Waals surface area contributed by atoms with Crippen molar-refractivity contribution in [1.82, 2.24) is 14.8 Å². The minimum Gasteiger partial charge on any atom is -0.368 e. The van der Waals surface area contributed by atoms with Gasteiger partial charge >= 0.3 is 0 Å². The number of piperidine rings is 1. The predicted octanol–water partition coefficient (Wildman–Crippen LogP) is 2.22. The van der Waals surface area contributed by atoms with E-state index < -0.39 is 0 Å². The van der Waals surface area contributed by atoms with Crippen molar-refractivity contribution in [3.05, 3.63) is 30.1 Å². The van der Waals surface area contributed by atoms with Crippen LogP contribution in [0.3, 0.4) is 0 Å².